The Bertz CT molecular complexity index is 254. The molecule has 0 saturated heterocycles. The molecule has 0 atom stereocenters. The van der Waals surface area contributed by atoms with Gasteiger partial charge in [0.1, 0.15) is 5.75 Å². The smallest absolute Gasteiger partial charge is 0.311 e. The number of rotatable bonds is 4. The van der Waals surface area contributed by atoms with E-state index in [0.717, 1.165) is 12.8 Å². The maximum Gasteiger partial charge on any atom is 0.311 e. The topological polar surface area (TPSA) is 26.3 Å². The Morgan fingerprint density at radius 2 is 2.38 bits per heavy atom. The molecule has 1 rings (SSSR count). The van der Waals surface area contributed by atoms with Crippen molar-refractivity contribution < 1.29 is 9.53 Å². The van der Waals surface area contributed by atoms with Gasteiger partial charge >= 0.3 is 5.97 Å². The largest absolute Gasteiger partial charge is 0.426 e. The van der Waals surface area contributed by atoms with Gasteiger partial charge in [-0.3, -0.25) is 4.79 Å². The third-order valence-electron chi connectivity index (χ3n) is 1.64. The van der Waals surface area contributed by atoms with Crippen LogP contribution in [0.15, 0.2) is 24.3 Å². The summed E-state index contributed by atoms with van der Waals surface area (Å²) < 4.78 is 5.02. The van der Waals surface area contributed by atoms with E-state index in [2.05, 4.69) is 6.07 Å². The summed E-state index contributed by atoms with van der Waals surface area (Å²) in [7, 11) is 0. The van der Waals surface area contributed by atoms with Gasteiger partial charge in [0.25, 0.3) is 0 Å². The van der Waals surface area contributed by atoms with Crippen molar-refractivity contribution in [2.45, 2.75) is 26.2 Å². The van der Waals surface area contributed by atoms with E-state index in [1.165, 1.54) is 0 Å². The Kier molecular flexibility index (Phi) is 4.03. The molecule has 69 valence electrons. The summed E-state index contributed by atoms with van der Waals surface area (Å²) in [4.78, 5) is 11.1. The number of esters is 1. The van der Waals surface area contributed by atoms with Crippen LogP contribution >= 0.6 is 0 Å². The van der Waals surface area contributed by atoms with Crippen molar-refractivity contribution in [1.82, 2.24) is 0 Å². The molecule has 1 aromatic rings. The molecule has 0 amide bonds. The van der Waals surface area contributed by atoms with Gasteiger partial charge in [0.05, 0.1) is 0 Å². The second-order valence-electron chi connectivity index (χ2n) is 2.80. The van der Waals surface area contributed by atoms with E-state index in [1.807, 2.05) is 19.1 Å². The number of ether oxygens (including phenoxy) is 1. The third kappa shape index (κ3) is 3.74. The molecule has 0 aliphatic rings. The van der Waals surface area contributed by atoms with E-state index in [4.69, 9.17) is 4.74 Å². The second kappa shape index (κ2) is 5.36. The summed E-state index contributed by atoms with van der Waals surface area (Å²) >= 11 is 0. The molecule has 0 spiro atoms. The van der Waals surface area contributed by atoms with Crippen LogP contribution < -0.4 is 4.74 Å². The van der Waals surface area contributed by atoms with Gasteiger partial charge in [-0.2, -0.15) is 0 Å². The molecule has 0 aliphatic heterocycles. The van der Waals surface area contributed by atoms with Crippen LogP contribution in [0.4, 0.5) is 0 Å². The fraction of sp³-hybridized carbons (Fsp3) is 0.364. The molecule has 0 aromatic heterocycles. The second-order valence-corrected chi connectivity index (χ2v) is 2.80. The molecule has 13 heavy (non-hydrogen) atoms. The number of unbranched alkanes of at least 4 members (excludes halogenated alkanes) is 1. The number of carbonyl (C=O) groups is 1. The fourth-order valence-electron chi connectivity index (χ4n) is 0.935. The normalized spacial score (nSPS) is 9.62. The van der Waals surface area contributed by atoms with Crippen molar-refractivity contribution in [3.05, 3.63) is 30.3 Å². The first kappa shape index (κ1) is 9.78. The van der Waals surface area contributed by atoms with E-state index in [1.54, 1.807) is 12.1 Å². The molecule has 0 aliphatic carbocycles. The van der Waals surface area contributed by atoms with Crippen LogP contribution in [0, 0.1) is 6.07 Å². The number of carbonyl (C=O) groups excluding carboxylic acids is 1. The first-order chi connectivity index (χ1) is 6.33. The highest BCUT2D eigenvalue weighted by Gasteiger charge is 2.02. The lowest BCUT2D eigenvalue weighted by Crippen LogP contribution is -2.07. The number of hydrogen-bond acceptors (Lipinski definition) is 2. The summed E-state index contributed by atoms with van der Waals surface area (Å²) in [6, 6.07) is 9.94. The fourth-order valence-corrected chi connectivity index (χ4v) is 0.935. The van der Waals surface area contributed by atoms with Gasteiger partial charge in [0.15, 0.2) is 0 Å². The lowest BCUT2D eigenvalue weighted by atomic mass is 10.2. The van der Waals surface area contributed by atoms with Crippen molar-refractivity contribution in [3.8, 4) is 5.75 Å². The Hall–Kier alpha value is -1.31. The highest BCUT2D eigenvalue weighted by molar-refractivity contribution is 5.72. The van der Waals surface area contributed by atoms with E-state index in [0.29, 0.717) is 12.2 Å². The Labute approximate surface area is 78.5 Å². The molecular weight excluding hydrogens is 164 g/mol. The monoisotopic (exact) mass is 177 g/mol. The van der Waals surface area contributed by atoms with Crippen LogP contribution in [0.1, 0.15) is 26.2 Å². The van der Waals surface area contributed by atoms with Gasteiger partial charge in [-0.1, -0.05) is 31.5 Å². The Morgan fingerprint density at radius 1 is 1.54 bits per heavy atom. The van der Waals surface area contributed by atoms with Gasteiger partial charge in [-0.25, -0.2) is 0 Å². The minimum Gasteiger partial charge on any atom is -0.426 e. The molecule has 0 unspecified atom stereocenters. The van der Waals surface area contributed by atoms with Crippen LogP contribution in [0.3, 0.4) is 0 Å². The van der Waals surface area contributed by atoms with Gasteiger partial charge in [0.2, 0.25) is 0 Å². The predicted octanol–water partition coefficient (Wildman–Crippen LogP) is 2.58. The summed E-state index contributed by atoms with van der Waals surface area (Å²) in [6.45, 7) is 2.04. The molecular formula is C11H13O2. The third-order valence-corrected chi connectivity index (χ3v) is 1.64. The minimum atomic E-state index is -0.177. The quantitative estimate of drug-likeness (QED) is 0.522. The zero-order chi connectivity index (χ0) is 9.52. The molecule has 0 heterocycles. The molecule has 1 radical (unpaired) electrons. The SMILES string of the molecule is CCCCC(=O)Oc1[c]cccc1. The number of benzene rings is 1. The minimum absolute atomic E-state index is 0.177. The molecule has 1 aromatic carbocycles. The molecule has 0 N–H and O–H groups in total. The van der Waals surface area contributed by atoms with E-state index < -0.39 is 0 Å². The standard InChI is InChI=1S/C11H13O2/c1-2-3-9-11(12)13-10-7-5-4-6-8-10/h4-7H,2-3,9H2,1H3. The van der Waals surface area contributed by atoms with Crippen LogP contribution in [0.25, 0.3) is 0 Å². The zero-order valence-electron chi connectivity index (χ0n) is 7.75. The number of hydrogen-bond donors (Lipinski definition) is 0. The molecule has 0 saturated carbocycles. The van der Waals surface area contributed by atoms with Gasteiger partial charge in [-0.15, -0.1) is 0 Å². The average Bonchev–Trinajstić information content (AvgIpc) is 2.16. The Morgan fingerprint density at radius 3 is 3.00 bits per heavy atom. The van der Waals surface area contributed by atoms with Crippen molar-refractivity contribution in [2.75, 3.05) is 0 Å². The first-order valence-electron chi connectivity index (χ1n) is 4.50. The van der Waals surface area contributed by atoms with Crippen molar-refractivity contribution >= 4 is 5.97 Å². The summed E-state index contributed by atoms with van der Waals surface area (Å²) in [5, 5.41) is 0. The summed E-state index contributed by atoms with van der Waals surface area (Å²) in [6.07, 6.45) is 2.37. The van der Waals surface area contributed by atoms with Crippen LogP contribution in [-0.2, 0) is 4.79 Å². The summed E-state index contributed by atoms with van der Waals surface area (Å²) in [5.41, 5.74) is 0. The average molecular weight is 177 g/mol. The number of para-hydroxylation sites is 1. The van der Waals surface area contributed by atoms with Gasteiger partial charge in [-0.05, 0) is 12.5 Å². The first-order valence-corrected chi connectivity index (χ1v) is 4.50. The summed E-state index contributed by atoms with van der Waals surface area (Å²) in [5.74, 6) is 0.327. The van der Waals surface area contributed by atoms with Crippen molar-refractivity contribution in [1.29, 1.82) is 0 Å². The highest BCUT2D eigenvalue weighted by Crippen LogP contribution is 2.09. The highest BCUT2D eigenvalue weighted by atomic mass is 16.5. The van der Waals surface area contributed by atoms with Gasteiger partial charge in [0, 0.05) is 12.5 Å². The lowest BCUT2D eigenvalue weighted by Gasteiger charge is -2.01. The molecule has 0 bridgehead atoms. The lowest BCUT2D eigenvalue weighted by molar-refractivity contribution is -0.134. The van der Waals surface area contributed by atoms with E-state index >= 15 is 0 Å². The predicted molar refractivity (Wildman–Crippen MR) is 50.4 cm³/mol. The maximum atomic E-state index is 11.1. The van der Waals surface area contributed by atoms with E-state index in [9.17, 15) is 4.79 Å². The van der Waals surface area contributed by atoms with Crippen molar-refractivity contribution in [3.63, 3.8) is 0 Å². The van der Waals surface area contributed by atoms with Gasteiger partial charge < -0.3 is 4.74 Å². The molecule has 0 fully saturated rings. The van der Waals surface area contributed by atoms with Crippen molar-refractivity contribution in [2.24, 2.45) is 0 Å². The molecule has 2 nitrogen and oxygen atoms in total. The van der Waals surface area contributed by atoms with Crippen LogP contribution in [-0.4, -0.2) is 5.97 Å². The van der Waals surface area contributed by atoms with Crippen LogP contribution in [0.5, 0.6) is 5.75 Å². The zero-order valence-corrected chi connectivity index (χ0v) is 7.75. The van der Waals surface area contributed by atoms with E-state index in [-0.39, 0.29) is 5.97 Å². The Balaban J connectivity index is 2.37. The molecule has 2 heteroatoms. The maximum absolute atomic E-state index is 11.1. The van der Waals surface area contributed by atoms with Crippen LogP contribution in [0.2, 0.25) is 0 Å².